The van der Waals surface area contributed by atoms with E-state index >= 15 is 0 Å². The maximum absolute atomic E-state index is 12.6. The minimum Gasteiger partial charge on any atom is -0.369 e. The van der Waals surface area contributed by atoms with Crippen molar-refractivity contribution in [3.63, 3.8) is 0 Å². The third-order valence-corrected chi connectivity index (χ3v) is 7.93. The Balaban J connectivity index is 1.48. The molecule has 0 radical (unpaired) electrons. The Hall–Kier alpha value is -2.92. The molecular weight excluding hydrogens is 498 g/mol. The molecule has 9 nitrogen and oxygen atoms in total. The third kappa shape index (κ3) is 6.44. The number of nitrogens with zero attached hydrogens (tertiary/aromatic N) is 4. The minimum atomic E-state index is -3.71. The molecule has 0 atom stereocenters. The van der Waals surface area contributed by atoms with Gasteiger partial charge in [-0.15, -0.1) is 0 Å². The highest BCUT2D eigenvalue weighted by molar-refractivity contribution is 7.89. The highest BCUT2D eigenvalue weighted by Crippen LogP contribution is 2.28. The quantitative estimate of drug-likeness (QED) is 0.375. The van der Waals surface area contributed by atoms with Gasteiger partial charge in [-0.25, -0.2) is 18.1 Å². The number of rotatable bonds is 9. The molecule has 0 amide bonds. The summed E-state index contributed by atoms with van der Waals surface area (Å²) < 4.78 is 27.8. The van der Waals surface area contributed by atoms with E-state index < -0.39 is 10.0 Å². The smallest absolute Gasteiger partial charge is 0.242 e. The fourth-order valence-corrected chi connectivity index (χ4v) is 5.47. The molecule has 4 rings (SSSR count). The van der Waals surface area contributed by atoms with Gasteiger partial charge in [0.15, 0.2) is 0 Å². The Labute approximate surface area is 217 Å². The largest absolute Gasteiger partial charge is 0.369 e. The Morgan fingerprint density at radius 2 is 1.69 bits per heavy atom. The summed E-state index contributed by atoms with van der Waals surface area (Å²) in [5.41, 5.74) is 3.45. The van der Waals surface area contributed by atoms with Crippen molar-refractivity contribution in [1.82, 2.24) is 19.6 Å². The number of hydrogen-bond acceptors (Lipinski definition) is 8. The summed E-state index contributed by atoms with van der Waals surface area (Å²) in [4.78, 5) is 13.7. The molecular formula is C25H32ClN7O2S. The van der Waals surface area contributed by atoms with Gasteiger partial charge >= 0.3 is 0 Å². The van der Waals surface area contributed by atoms with E-state index in [0.29, 0.717) is 30.4 Å². The lowest BCUT2D eigenvalue weighted by Crippen LogP contribution is -2.44. The molecule has 2 aromatic carbocycles. The fraction of sp³-hybridized carbons (Fsp3) is 0.360. The van der Waals surface area contributed by atoms with Crippen LogP contribution in [0.3, 0.4) is 0 Å². The second kappa shape index (κ2) is 11.4. The van der Waals surface area contributed by atoms with Crippen molar-refractivity contribution in [1.29, 1.82) is 0 Å². The standard InChI is InChI=1S/C25H32ClN7O2S/c1-4-11-28-36(34,35)23-16-20(7-10-22(23)26)29-24-18(2)17-27-25(31-24)30-19-5-8-21(9-6-19)33-14-12-32(3)13-15-33/h5-10,16-17,28H,4,11-15H2,1-3H3,(H2,27,29,30,31). The molecule has 36 heavy (non-hydrogen) atoms. The number of aryl methyl sites for hydroxylation is 1. The van der Waals surface area contributed by atoms with Crippen molar-refractivity contribution in [2.45, 2.75) is 25.2 Å². The molecule has 0 saturated carbocycles. The number of piperazine rings is 1. The lowest BCUT2D eigenvalue weighted by molar-refractivity contribution is 0.313. The summed E-state index contributed by atoms with van der Waals surface area (Å²) in [6, 6.07) is 13.0. The van der Waals surface area contributed by atoms with Crippen LogP contribution in [-0.4, -0.2) is 63.1 Å². The topological polar surface area (TPSA) is 102 Å². The minimum absolute atomic E-state index is 0.0214. The summed E-state index contributed by atoms with van der Waals surface area (Å²) in [7, 11) is -1.57. The van der Waals surface area contributed by atoms with E-state index in [1.54, 1.807) is 18.3 Å². The fourth-order valence-electron chi connectivity index (χ4n) is 3.82. The number of hydrogen-bond donors (Lipinski definition) is 3. The van der Waals surface area contributed by atoms with Gasteiger partial charge in [-0.3, -0.25) is 0 Å². The first-order chi connectivity index (χ1) is 17.2. The van der Waals surface area contributed by atoms with E-state index in [4.69, 9.17) is 11.6 Å². The molecule has 1 aliphatic rings. The first kappa shape index (κ1) is 26.2. The molecule has 1 aromatic heterocycles. The highest BCUT2D eigenvalue weighted by Gasteiger charge is 2.18. The van der Waals surface area contributed by atoms with Crippen LogP contribution in [0.4, 0.5) is 28.8 Å². The van der Waals surface area contributed by atoms with Gasteiger partial charge in [-0.2, -0.15) is 4.98 Å². The van der Waals surface area contributed by atoms with Gasteiger partial charge in [-0.1, -0.05) is 18.5 Å². The molecule has 1 saturated heterocycles. The maximum Gasteiger partial charge on any atom is 0.242 e. The van der Waals surface area contributed by atoms with E-state index in [9.17, 15) is 8.42 Å². The summed E-state index contributed by atoms with van der Waals surface area (Å²) in [6.07, 6.45) is 2.40. The van der Waals surface area contributed by atoms with Gasteiger partial charge in [0.2, 0.25) is 16.0 Å². The van der Waals surface area contributed by atoms with Crippen LogP contribution in [0.25, 0.3) is 0 Å². The van der Waals surface area contributed by atoms with Crippen LogP contribution in [0.5, 0.6) is 0 Å². The predicted molar refractivity (Wildman–Crippen MR) is 146 cm³/mol. The molecule has 0 bridgehead atoms. The second-order valence-electron chi connectivity index (χ2n) is 8.86. The number of benzene rings is 2. The van der Waals surface area contributed by atoms with E-state index in [0.717, 1.165) is 37.4 Å². The maximum atomic E-state index is 12.6. The number of aromatic nitrogens is 2. The van der Waals surface area contributed by atoms with Crippen molar-refractivity contribution in [3.8, 4) is 0 Å². The van der Waals surface area contributed by atoms with Gasteiger partial charge in [0.1, 0.15) is 10.7 Å². The van der Waals surface area contributed by atoms with E-state index in [-0.39, 0.29) is 9.92 Å². The number of sulfonamides is 1. The second-order valence-corrected chi connectivity index (χ2v) is 11.0. The summed E-state index contributed by atoms with van der Waals surface area (Å²) >= 11 is 6.19. The van der Waals surface area contributed by atoms with Gasteiger partial charge < -0.3 is 20.4 Å². The molecule has 1 fully saturated rings. The van der Waals surface area contributed by atoms with Crippen LogP contribution >= 0.6 is 11.6 Å². The van der Waals surface area contributed by atoms with Gasteiger partial charge in [0, 0.05) is 61.5 Å². The first-order valence-electron chi connectivity index (χ1n) is 12.0. The lowest BCUT2D eigenvalue weighted by atomic mass is 10.2. The summed E-state index contributed by atoms with van der Waals surface area (Å²) in [5, 5.41) is 6.60. The Morgan fingerprint density at radius 1 is 1.00 bits per heavy atom. The van der Waals surface area contributed by atoms with E-state index in [2.05, 4.69) is 54.3 Å². The van der Waals surface area contributed by atoms with Crippen LogP contribution in [-0.2, 0) is 10.0 Å². The van der Waals surface area contributed by atoms with E-state index in [1.807, 2.05) is 26.0 Å². The van der Waals surface area contributed by atoms with E-state index in [1.165, 1.54) is 11.8 Å². The van der Waals surface area contributed by atoms with Gasteiger partial charge in [0.05, 0.1) is 5.02 Å². The average molecular weight is 530 g/mol. The predicted octanol–water partition coefficient (Wildman–Crippen LogP) is 4.37. The molecule has 11 heteroatoms. The van der Waals surface area contributed by atoms with Crippen LogP contribution in [0, 0.1) is 6.92 Å². The molecule has 3 N–H and O–H groups in total. The lowest BCUT2D eigenvalue weighted by Gasteiger charge is -2.34. The van der Waals surface area contributed by atoms with Crippen molar-refractivity contribution in [2.75, 3.05) is 55.3 Å². The zero-order valence-corrected chi connectivity index (χ0v) is 22.3. The summed E-state index contributed by atoms with van der Waals surface area (Å²) in [5.74, 6) is 0.996. The van der Waals surface area contributed by atoms with Crippen LogP contribution in [0.2, 0.25) is 5.02 Å². The molecule has 0 spiro atoms. The number of halogens is 1. The Morgan fingerprint density at radius 3 is 2.39 bits per heavy atom. The molecule has 3 aromatic rings. The van der Waals surface area contributed by atoms with Crippen molar-refractivity contribution in [3.05, 3.63) is 59.2 Å². The van der Waals surface area contributed by atoms with Crippen molar-refractivity contribution in [2.24, 2.45) is 0 Å². The summed E-state index contributed by atoms with van der Waals surface area (Å²) in [6.45, 7) is 8.27. The van der Waals surface area contributed by atoms with Gasteiger partial charge in [0.25, 0.3) is 0 Å². The number of nitrogens with one attached hydrogen (secondary N) is 3. The van der Waals surface area contributed by atoms with Crippen LogP contribution in [0.1, 0.15) is 18.9 Å². The molecule has 1 aliphatic heterocycles. The first-order valence-corrected chi connectivity index (χ1v) is 13.8. The molecule has 2 heterocycles. The Bertz CT molecular complexity index is 1290. The molecule has 192 valence electrons. The molecule has 0 unspecified atom stereocenters. The zero-order chi connectivity index (χ0) is 25.7. The monoisotopic (exact) mass is 529 g/mol. The SMILES string of the molecule is CCCNS(=O)(=O)c1cc(Nc2nc(Nc3ccc(N4CCN(C)CC4)cc3)ncc2C)ccc1Cl. The van der Waals surface area contributed by atoms with Crippen molar-refractivity contribution >= 4 is 50.5 Å². The van der Waals surface area contributed by atoms with Crippen LogP contribution in [0.15, 0.2) is 53.6 Å². The Kier molecular flexibility index (Phi) is 8.30. The highest BCUT2D eigenvalue weighted by atomic mass is 35.5. The van der Waals surface area contributed by atoms with Crippen LogP contribution < -0.4 is 20.3 Å². The average Bonchev–Trinajstić information content (AvgIpc) is 2.87. The zero-order valence-electron chi connectivity index (χ0n) is 20.8. The number of anilines is 5. The molecule has 0 aliphatic carbocycles. The van der Waals surface area contributed by atoms with Gasteiger partial charge in [-0.05, 0) is 62.9 Å². The number of likely N-dealkylation sites (N-methyl/N-ethyl adjacent to an activating group) is 1. The normalized spacial score (nSPS) is 14.6. The third-order valence-electron chi connectivity index (χ3n) is 5.99. The van der Waals surface area contributed by atoms with Crippen molar-refractivity contribution < 1.29 is 8.42 Å².